The van der Waals surface area contributed by atoms with Crippen LogP contribution in [-0.4, -0.2) is 30.4 Å². The molecular weight excluding hydrogens is 339 g/mol. The number of rotatable bonds is 4. The maximum Gasteiger partial charge on any atom is 0.223 e. The van der Waals surface area contributed by atoms with Crippen molar-refractivity contribution in [3.05, 3.63) is 35.6 Å². The molecule has 2 aliphatic heterocycles. The Morgan fingerprint density at radius 1 is 1.44 bits per heavy atom. The van der Waals surface area contributed by atoms with E-state index < -0.39 is 0 Å². The lowest BCUT2D eigenvalue weighted by Gasteiger charge is -2.31. The number of halogens is 2. The van der Waals surface area contributed by atoms with Gasteiger partial charge >= 0.3 is 0 Å². The third kappa shape index (κ3) is 4.95. The molecular formula is C20H30ClFN2O. The zero-order valence-corrected chi connectivity index (χ0v) is 16.0. The smallest absolute Gasteiger partial charge is 0.223 e. The Hall–Kier alpha value is -1.13. The van der Waals surface area contributed by atoms with Gasteiger partial charge in [-0.15, -0.1) is 12.4 Å². The Labute approximate surface area is 156 Å². The molecule has 5 heteroatoms. The summed E-state index contributed by atoms with van der Waals surface area (Å²) in [7, 11) is 0. The summed E-state index contributed by atoms with van der Waals surface area (Å²) in [5.74, 6) is 1.46. The second-order valence-corrected chi connectivity index (χ2v) is 7.75. The monoisotopic (exact) mass is 368 g/mol. The highest BCUT2D eigenvalue weighted by atomic mass is 35.5. The summed E-state index contributed by atoms with van der Waals surface area (Å²) in [5.41, 5.74) is 0.930. The molecule has 4 atom stereocenters. The number of hydrogen-bond acceptors (Lipinski definition) is 2. The van der Waals surface area contributed by atoms with Crippen LogP contribution in [0.3, 0.4) is 0 Å². The molecule has 3 rings (SSSR count). The number of piperidine rings is 1. The zero-order valence-electron chi connectivity index (χ0n) is 15.2. The molecule has 2 aliphatic rings. The molecule has 0 saturated carbocycles. The van der Waals surface area contributed by atoms with Crippen LogP contribution in [0.1, 0.15) is 51.1 Å². The Morgan fingerprint density at radius 3 is 2.92 bits per heavy atom. The number of likely N-dealkylation sites (tertiary alicyclic amines) is 1. The third-order valence-electron chi connectivity index (χ3n) is 5.70. The average Bonchev–Trinajstić information content (AvgIpc) is 2.98. The van der Waals surface area contributed by atoms with Crippen LogP contribution in [0.25, 0.3) is 0 Å². The molecule has 1 amide bonds. The normalized spacial score (nSPS) is 27.6. The minimum Gasteiger partial charge on any atom is -0.335 e. The molecule has 1 aromatic carbocycles. The number of amides is 1. The quantitative estimate of drug-likeness (QED) is 0.864. The number of nitrogens with zero attached hydrogens (tertiary/aromatic N) is 1. The van der Waals surface area contributed by atoms with Crippen molar-refractivity contribution in [2.24, 2.45) is 17.8 Å². The van der Waals surface area contributed by atoms with E-state index in [0.717, 1.165) is 31.6 Å². The summed E-state index contributed by atoms with van der Waals surface area (Å²) in [6.45, 7) is 7.29. The molecule has 140 valence electrons. The van der Waals surface area contributed by atoms with Crippen molar-refractivity contribution in [2.45, 2.75) is 45.6 Å². The molecule has 0 spiro atoms. The van der Waals surface area contributed by atoms with Crippen molar-refractivity contribution in [1.29, 1.82) is 0 Å². The minimum absolute atomic E-state index is 0. The van der Waals surface area contributed by atoms with E-state index in [-0.39, 0.29) is 30.2 Å². The fourth-order valence-electron chi connectivity index (χ4n) is 4.28. The molecule has 3 nitrogen and oxygen atoms in total. The van der Waals surface area contributed by atoms with Crippen LogP contribution in [-0.2, 0) is 4.79 Å². The highest BCUT2D eigenvalue weighted by molar-refractivity contribution is 5.85. The van der Waals surface area contributed by atoms with E-state index in [0.29, 0.717) is 24.2 Å². The summed E-state index contributed by atoms with van der Waals surface area (Å²) in [6.07, 6.45) is 3.94. The van der Waals surface area contributed by atoms with Gasteiger partial charge in [-0.25, -0.2) is 4.39 Å². The van der Waals surface area contributed by atoms with Crippen LogP contribution in [0.15, 0.2) is 24.3 Å². The van der Waals surface area contributed by atoms with Crippen molar-refractivity contribution in [2.75, 3.05) is 19.6 Å². The van der Waals surface area contributed by atoms with Gasteiger partial charge in [0.2, 0.25) is 5.91 Å². The number of carbonyl (C=O) groups is 1. The zero-order chi connectivity index (χ0) is 17.1. The molecule has 2 heterocycles. The van der Waals surface area contributed by atoms with E-state index in [4.69, 9.17) is 0 Å². The first-order chi connectivity index (χ1) is 11.5. The van der Waals surface area contributed by atoms with Crippen LogP contribution in [0.5, 0.6) is 0 Å². The Morgan fingerprint density at radius 2 is 2.24 bits per heavy atom. The fraction of sp³-hybridized carbons (Fsp3) is 0.650. The van der Waals surface area contributed by atoms with Crippen molar-refractivity contribution in [3.63, 3.8) is 0 Å². The van der Waals surface area contributed by atoms with Gasteiger partial charge in [0.05, 0.1) is 6.04 Å². The Bertz CT molecular complexity index is 577. The van der Waals surface area contributed by atoms with Gasteiger partial charge in [0.25, 0.3) is 0 Å². The first-order valence-corrected chi connectivity index (χ1v) is 9.30. The molecule has 0 radical (unpaired) electrons. The summed E-state index contributed by atoms with van der Waals surface area (Å²) in [4.78, 5) is 14.9. The summed E-state index contributed by atoms with van der Waals surface area (Å²) in [5, 5.41) is 3.44. The number of carbonyl (C=O) groups excluding carboxylic acids is 1. The van der Waals surface area contributed by atoms with Gasteiger partial charge in [0, 0.05) is 13.0 Å². The van der Waals surface area contributed by atoms with Crippen molar-refractivity contribution in [1.82, 2.24) is 10.2 Å². The number of benzene rings is 1. The van der Waals surface area contributed by atoms with Crippen molar-refractivity contribution < 1.29 is 9.18 Å². The molecule has 0 bridgehead atoms. The van der Waals surface area contributed by atoms with E-state index in [1.807, 2.05) is 11.0 Å². The molecule has 25 heavy (non-hydrogen) atoms. The average molecular weight is 369 g/mol. The second kappa shape index (κ2) is 9.00. The van der Waals surface area contributed by atoms with Crippen LogP contribution >= 0.6 is 12.4 Å². The van der Waals surface area contributed by atoms with Gasteiger partial charge in [0.1, 0.15) is 5.82 Å². The second-order valence-electron chi connectivity index (χ2n) is 7.75. The SMILES string of the molecule is CC1CC(c2cccc(F)c2)N(C(=O)CC(C)C2CCCNC2)C1.Cl. The number of nitrogens with one attached hydrogen (secondary N) is 1. The van der Waals surface area contributed by atoms with E-state index in [1.165, 1.54) is 18.9 Å². The van der Waals surface area contributed by atoms with E-state index in [9.17, 15) is 9.18 Å². The van der Waals surface area contributed by atoms with Gasteiger partial charge in [-0.2, -0.15) is 0 Å². The molecule has 2 saturated heterocycles. The van der Waals surface area contributed by atoms with Gasteiger partial charge in [-0.1, -0.05) is 26.0 Å². The molecule has 0 aliphatic carbocycles. The highest BCUT2D eigenvalue weighted by Crippen LogP contribution is 2.36. The maximum absolute atomic E-state index is 13.6. The first-order valence-electron chi connectivity index (χ1n) is 9.30. The van der Waals surface area contributed by atoms with Crippen LogP contribution in [0.4, 0.5) is 4.39 Å². The highest BCUT2D eigenvalue weighted by Gasteiger charge is 2.35. The lowest BCUT2D eigenvalue weighted by molar-refractivity contribution is -0.133. The van der Waals surface area contributed by atoms with Crippen LogP contribution in [0.2, 0.25) is 0 Å². The lowest BCUT2D eigenvalue weighted by atomic mass is 9.85. The molecule has 0 aromatic heterocycles. The van der Waals surface area contributed by atoms with Gasteiger partial charge < -0.3 is 10.2 Å². The van der Waals surface area contributed by atoms with Crippen molar-refractivity contribution >= 4 is 18.3 Å². The van der Waals surface area contributed by atoms with Gasteiger partial charge in [-0.05, 0) is 67.8 Å². The van der Waals surface area contributed by atoms with Gasteiger partial charge in [-0.3, -0.25) is 4.79 Å². The molecule has 1 aromatic rings. The van der Waals surface area contributed by atoms with E-state index >= 15 is 0 Å². The summed E-state index contributed by atoms with van der Waals surface area (Å²) >= 11 is 0. The number of hydrogen-bond donors (Lipinski definition) is 1. The van der Waals surface area contributed by atoms with E-state index in [2.05, 4.69) is 19.2 Å². The predicted molar refractivity (Wildman–Crippen MR) is 101 cm³/mol. The minimum atomic E-state index is -0.221. The standard InChI is InChI=1S/C20H29FN2O.ClH/c1-14-9-19(16-5-3-7-18(21)11-16)23(13-14)20(24)10-15(2)17-6-4-8-22-12-17;/h3,5,7,11,14-15,17,19,22H,4,6,8-10,12-13H2,1-2H3;1H. The Kier molecular flexibility index (Phi) is 7.26. The molecule has 4 unspecified atom stereocenters. The topological polar surface area (TPSA) is 32.3 Å². The fourth-order valence-corrected chi connectivity index (χ4v) is 4.28. The van der Waals surface area contributed by atoms with Gasteiger partial charge in [0.15, 0.2) is 0 Å². The Balaban J connectivity index is 0.00000225. The molecule has 1 N–H and O–H groups in total. The van der Waals surface area contributed by atoms with E-state index in [1.54, 1.807) is 12.1 Å². The summed E-state index contributed by atoms with van der Waals surface area (Å²) < 4.78 is 13.6. The van der Waals surface area contributed by atoms with Crippen LogP contribution in [0, 0.1) is 23.6 Å². The summed E-state index contributed by atoms with van der Waals surface area (Å²) in [6, 6.07) is 6.76. The first kappa shape index (κ1) is 20.2. The largest absolute Gasteiger partial charge is 0.335 e. The van der Waals surface area contributed by atoms with Crippen LogP contribution < -0.4 is 5.32 Å². The lowest BCUT2D eigenvalue weighted by Crippen LogP contribution is -2.37. The maximum atomic E-state index is 13.6. The predicted octanol–water partition coefficient (Wildman–Crippen LogP) is 4.18. The van der Waals surface area contributed by atoms with Crippen molar-refractivity contribution in [3.8, 4) is 0 Å². The third-order valence-corrected chi connectivity index (χ3v) is 5.70. The molecule has 2 fully saturated rings.